The maximum absolute atomic E-state index is 5.76. The fraction of sp³-hybridized carbons (Fsp3) is 0.647. The zero-order chi connectivity index (χ0) is 15.4. The van der Waals surface area contributed by atoms with Crippen LogP contribution in [-0.4, -0.2) is 33.5 Å². The number of nitrogens with one attached hydrogen (secondary N) is 1. The van der Waals surface area contributed by atoms with Gasteiger partial charge in [-0.2, -0.15) is 0 Å². The van der Waals surface area contributed by atoms with E-state index in [0.717, 1.165) is 31.1 Å². The molecule has 0 aliphatic carbocycles. The van der Waals surface area contributed by atoms with Gasteiger partial charge in [0.2, 0.25) is 0 Å². The summed E-state index contributed by atoms with van der Waals surface area (Å²) >= 11 is 0. The molecule has 1 aromatic carbocycles. The molecule has 21 heavy (non-hydrogen) atoms. The van der Waals surface area contributed by atoms with Gasteiger partial charge in [-0.05, 0) is 50.1 Å². The van der Waals surface area contributed by atoms with Crippen molar-refractivity contribution < 1.29 is 14.2 Å². The molecule has 1 aliphatic heterocycles. The minimum atomic E-state index is 0.279. The first-order valence-electron chi connectivity index (χ1n) is 7.69. The molecule has 1 aliphatic rings. The Morgan fingerprint density at radius 3 is 2.48 bits per heavy atom. The van der Waals surface area contributed by atoms with Gasteiger partial charge in [-0.1, -0.05) is 6.92 Å². The van der Waals surface area contributed by atoms with Gasteiger partial charge in [0, 0.05) is 18.6 Å². The van der Waals surface area contributed by atoms with Crippen molar-refractivity contribution in [1.82, 2.24) is 5.32 Å². The fourth-order valence-corrected chi connectivity index (χ4v) is 3.23. The van der Waals surface area contributed by atoms with E-state index in [9.17, 15) is 0 Å². The summed E-state index contributed by atoms with van der Waals surface area (Å²) in [5, 5.41) is 3.62. The second-order valence-electron chi connectivity index (χ2n) is 5.63. The van der Waals surface area contributed by atoms with Crippen molar-refractivity contribution in [3.63, 3.8) is 0 Å². The van der Waals surface area contributed by atoms with Gasteiger partial charge in [0.1, 0.15) is 0 Å². The molecule has 0 bridgehead atoms. The van der Waals surface area contributed by atoms with Crippen LogP contribution in [0.2, 0.25) is 0 Å². The van der Waals surface area contributed by atoms with Crippen LogP contribution in [0.3, 0.4) is 0 Å². The Labute approximate surface area is 127 Å². The zero-order valence-corrected chi connectivity index (χ0v) is 13.7. The van der Waals surface area contributed by atoms with Crippen molar-refractivity contribution in [2.75, 3.05) is 27.4 Å². The topological polar surface area (TPSA) is 39.7 Å². The van der Waals surface area contributed by atoms with Gasteiger partial charge in [0.25, 0.3) is 0 Å². The van der Waals surface area contributed by atoms with E-state index in [1.165, 1.54) is 11.1 Å². The smallest absolute Gasteiger partial charge is 0.161 e. The summed E-state index contributed by atoms with van der Waals surface area (Å²) in [6.45, 7) is 8.21. The van der Waals surface area contributed by atoms with E-state index < -0.39 is 0 Å². The van der Waals surface area contributed by atoms with Crippen molar-refractivity contribution in [2.24, 2.45) is 5.92 Å². The first-order valence-corrected chi connectivity index (χ1v) is 7.69. The largest absolute Gasteiger partial charge is 0.493 e. The minimum absolute atomic E-state index is 0.279. The SMILES string of the molecule is CCNC(c1cc(OC)c(OC)cc1C)C1CCOC1C. The van der Waals surface area contributed by atoms with Crippen molar-refractivity contribution in [3.05, 3.63) is 23.3 Å². The molecule has 0 radical (unpaired) electrons. The first kappa shape index (κ1) is 16.1. The maximum atomic E-state index is 5.76. The lowest BCUT2D eigenvalue weighted by Crippen LogP contribution is -2.32. The van der Waals surface area contributed by atoms with Gasteiger partial charge < -0.3 is 19.5 Å². The Balaban J connectivity index is 2.39. The molecule has 2 rings (SSSR count). The quantitative estimate of drug-likeness (QED) is 0.875. The van der Waals surface area contributed by atoms with Crippen LogP contribution in [0.5, 0.6) is 11.5 Å². The third kappa shape index (κ3) is 3.33. The lowest BCUT2D eigenvalue weighted by atomic mass is 9.86. The normalized spacial score (nSPS) is 23.1. The molecular weight excluding hydrogens is 266 g/mol. The van der Waals surface area contributed by atoms with Crippen LogP contribution in [-0.2, 0) is 4.74 Å². The van der Waals surface area contributed by atoms with Crippen LogP contribution in [0, 0.1) is 12.8 Å². The summed E-state index contributed by atoms with van der Waals surface area (Å²) in [6.07, 6.45) is 1.37. The Hall–Kier alpha value is -1.26. The highest BCUT2D eigenvalue weighted by atomic mass is 16.5. The molecular formula is C17H27NO3. The Morgan fingerprint density at radius 2 is 1.95 bits per heavy atom. The van der Waals surface area contributed by atoms with E-state index in [4.69, 9.17) is 14.2 Å². The van der Waals surface area contributed by atoms with Crippen molar-refractivity contribution in [1.29, 1.82) is 0 Å². The lowest BCUT2D eigenvalue weighted by Gasteiger charge is -2.29. The number of methoxy groups -OCH3 is 2. The number of hydrogen-bond donors (Lipinski definition) is 1. The summed E-state index contributed by atoms with van der Waals surface area (Å²) in [5.41, 5.74) is 2.49. The standard InChI is InChI=1S/C17H27NO3/c1-6-18-17(13-7-8-21-12(13)3)14-10-16(20-5)15(19-4)9-11(14)2/h9-10,12-13,17-18H,6-8H2,1-5H3. The molecule has 3 unspecified atom stereocenters. The predicted octanol–water partition coefficient (Wildman–Crippen LogP) is 3.09. The van der Waals surface area contributed by atoms with Gasteiger partial charge in [-0.25, -0.2) is 0 Å². The van der Waals surface area contributed by atoms with Crippen molar-refractivity contribution >= 4 is 0 Å². The molecule has 4 nitrogen and oxygen atoms in total. The minimum Gasteiger partial charge on any atom is -0.493 e. The third-order valence-corrected chi connectivity index (χ3v) is 4.39. The molecule has 1 saturated heterocycles. The summed E-state index contributed by atoms with van der Waals surface area (Å²) in [4.78, 5) is 0. The summed E-state index contributed by atoms with van der Waals surface area (Å²) in [5.74, 6) is 2.05. The van der Waals surface area contributed by atoms with Gasteiger partial charge in [-0.15, -0.1) is 0 Å². The maximum Gasteiger partial charge on any atom is 0.161 e. The van der Waals surface area contributed by atoms with Gasteiger partial charge >= 0.3 is 0 Å². The van der Waals surface area contributed by atoms with Gasteiger partial charge in [0.15, 0.2) is 11.5 Å². The second kappa shape index (κ2) is 7.14. The summed E-state index contributed by atoms with van der Waals surface area (Å²) in [6, 6.07) is 4.44. The van der Waals surface area contributed by atoms with Crippen molar-refractivity contribution in [2.45, 2.75) is 39.3 Å². The second-order valence-corrected chi connectivity index (χ2v) is 5.63. The molecule has 118 valence electrons. The van der Waals surface area contributed by atoms with E-state index >= 15 is 0 Å². The van der Waals surface area contributed by atoms with Crippen molar-refractivity contribution in [3.8, 4) is 11.5 Å². The molecule has 4 heteroatoms. The number of benzene rings is 1. The van der Waals surface area contributed by atoms with Crippen LogP contribution >= 0.6 is 0 Å². The number of rotatable bonds is 6. The van der Waals surface area contributed by atoms with Crippen LogP contribution in [0.15, 0.2) is 12.1 Å². The van der Waals surface area contributed by atoms with E-state index in [2.05, 4.69) is 38.2 Å². The van der Waals surface area contributed by atoms with Crippen LogP contribution in [0.1, 0.15) is 37.4 Å². The number of hydrogen-bond acceptors (Lipinski definition) is 4. The number of ether oxygens (including phenoxy) is 3. The number of aryl methyl sites for hydroxylation is 1. The molecule has 3 atom stereocenters. The molecule has 0 saturated carbocycles. The highest BCUT2D eigenvalue weighted by Gasteiger charge is 2.33. The highest BCUT2D eigenvalue weighted by molar-refractivity contribution is 5.48. The van der Waals surface area contributed by atoms with Crippen LogP contribution < -0.4 is 14.8 Å². The molecule has 1 N–H and O–H groups in total. The van der Waals surface area contributed by atoms with E-state index in [1.54, 1.807) is 14.2 Å². The zero-order valence-electron chi connectivity index (χ0n) is 13.7. The monoisotopic (exact) mass is 293 g/mol. The molecule has 1 aromatic rings. The Morgan fingerprint density at radius 1 is 1.29 bits per heavy atom. The molecule has 1 fully saturated rings. The van der Waals surface area contributed by atoms with E-state index in [1.807, 2.05) is 0 Å². The lowest BCUT2D eigenvalue weighted by molar-refractivity contribution is 0.0955. The first-order chi connectivity index (χ1) is 10.1. The predicted molar refractivity (Wildman–Crippen MR) is 84.2 cm³/mol. The summed E-state index contributed by atoms with van der Waals surface area (Å²) < 4.78 is 16.6. The molecule has 0 amide bonds. The molecule has 1 heterocycles. The van der Waals surface area contributed by atoms with Crippen LogP contribution in [0.4, 0.5) is 0 Å². The Kier molecular flexibility index (Phi) is 5.48. The Bertz CT molecular complexity index is 475. The highest BCUT2D eigenvalue weighted by Crippen LogP contribution is 2.39. The molecule has 0 spiro atoms. The third-order valence-electron chi connectivity index (χ3n) is 4.39. The summed E-state index contributed by atoms with van der Waals surface area (Å²) in [7, 11) is 3.35. The fourth-order valence-electron chi connectivity index (χ4n) is 3.23. The van der Waals surface area contributed by atoms with Crippen LogP contribution in [0.25, 0.3) is 0 Å². The van der Waals surface area contributed by atoms with E-state index in [-0.39, 0.29) is 12.1 Å². The van der Waals surface area contributed by atoms with Gasteiger partial charge in [-0.3, -0.25) is 0 Å². The average molecular weight is 293 g/mol. The van der Waals surface area contributed by atoms with Gasteiger partial charge in [0.05, 0.1) is 20.3 Å². The average Bonchev–Trinajstić information content (AvgIpc) is 2.90. The van der Waals surface area contributed by atoms with E-state index in [0.29, 0.717) is 5.92 Å². The molecule has 0 aromatic heterocycles.